The van der Waals surface area contributed by atoms with Crippen LogP contribution in [-0.2, 0) is 27.8 Å². The zero-order valence-electron chi connectivity index (χ0n) is 28.3. The second kappa shape index (κ2) is 14.4. The lowest BCUT2D eigenvalue weighted by Crippen LogP contribution is -2.53. The molecule has 256 valence electrons. The molecule has 1 aromatic heterocycles. The van der Waals surface area contributed by atoms with E-state index in [9.17, 15) is 14.7 Å². The van der Waals surface area contributed by atoms with Gasteiger partial charge in [-0.2, -0.15) is 0 Å². The number of ether oxygens (including phenoxy) is 2. The summed E-state index contributed by atoms with van der Waals surface area (Å²) >= 11 is 6.26. The quantitative estimate of drug-likeness (QED) is 0.181. The molecule has 3 aromatic rings. The van der Waals surface area contributed by atoms with Crippen molar-refractivity contribution in [1.29, 1.82) is 0 Å². The number of rotatable bonds is 12. The predicted octanol–water partition coefficient (Wildman–Crippen LogP) is 7.71. The minimum atomic E-state index is -1.09. The maximum atomic E-state index is 12.9. The number of hydrogen-bond acceptors (Lipinski definition) is 6. The molecule has 9 heteroatoms. The van der Waals surface area contributed by atoms with Crippen molar-refractivity contribution >= 4 is 29.2 Å². The SMILES string of the molecule is CNC(=O)CCOc1ccc2c(c1)C1(CCC(Nc3cccc(Cl)c3)(C(=O)O)CC1)[C@@H](C[C@@H](C)COc1ccnc3c1[C@H](C)CCC3)C2. The zero-order valence-corrected chi connectivity index (χ0v) is 29.1. The largest absolute Gasteiger partial charge is 0.493 e. The average Bonchev–Trinajstić information content (AvgIpc) is 3.36. The summed E-state index contributed by atoms with van der Waals surface area (Å²) in [7, 11) is 1.63. The average molecular weight is 674 g/mol. The lowest BCUT2D eigenvalue weighted by Gasteiger charge is -2.47. The number of halogens is 1. The van der Waals surface area contributed by atoms with E-state index in [-0.39, 0.29) is 17.7 Å². The van der Waals surface area contributed by atoms with Gasteiger partial charge in [-0.1, -0.05) is 37.6 Å². The minimum absolute atomic E-state index is 0.0601. The standard InChI is InChI=1S/C39H48ClN3O5/c1-25(24-48-34-12-18-42-33-9-4-6-26(2)36(33)34)20-28-21-27-10-11-31(47-19-13-35(44)41-3)23-32(27)38(28)14-16-39(17-15-38,37(45)46)43-30-8-5-7-29(40)22-30/h5,7-8,10-12,18,22-23,25-26,28,43H,4,6,9,13-17,19-21,24H2,1-3H3,(H,41,44)(H,45,46)/t25-,26-,28+,38?,39?/m1/s1. The third-order valence-corrected chi connectivity index (χ3v) is 11.4. The summed E-state index contributed by atoms with van der Waals surface area (Å²) < 4.78 is 12.6. The number of pyridine rings is 1. The van der Waals surface area contributed by atoms with Gasteiger partial charge in [0.2, 0.25) is 5.91 Å². The van der Waals surface area contributed by atoms with Gasteiger partial charge < -0.3 is 25.2 Å². The van der Waals surface area contributed by atoms with Gasteiger partial charge in [-0.3, -0.25) is 9.78 Å². The van der Waals surface area contributed by atoms with Gasteiger partial charge in [0.1, 0.15) is 17.0 Å². The van der Waals surface area contributed by atoms with Crippen LogP contribution in [0.4, 0.5) is 5.69 Å². The van der Waals surface area contributed by atoms with Crippen molar-refractivity contribution in [2.24, 2.45) is 11.8 Å². The Morgan fingerprint density at radius 2 is 1.92 bits per heavy atom. The van der Waals surface area contributed by atoms with E-state index in [1.54, 1.807) is 19.2 Å². The number of aryl methyl sites for hydroxylation is 1. The molecule has 0 bridgehead atoms. The van der Waals surface area contributed by atoms with E-state index in [0.29, 0.717) is 48.8 Å². The molecule has 0 unspecified atom stereocenters. The van der Waals surface area contributed by atoms with Crippen LogP contribution in [0, 0.1) is 11.8 Å². The van der Waals surface area contributed by atoms with Crippen molar-refractivity contribution in [3.05, 3.63) is 82.1 Å². The number of benzene rings is 2. The van der Waals surface area contributed by atoms with Crippen LogP contribution in [0.3, 0.4) is 0 Å². The summed E-state index contributed by atoms with van der Waals surface area (Å²) in [5.41, 5.74) is 4.45. The van der Waals surface area contributed by atoms with Gasteiger partial charge in [0.25, 0.3) is 0 Å². The molecule has 6 rings (SSSR count). The number of fused-ring (bicyclic) bond motifs is 3. The molecule has 48 heavy (non-hydrogen) atoms. The van der Waals surface area contributed by atoms with E-state index in [1.807, 2.05) is 30.5 Å². The van der Waals surface area contributed by atoms with Crippen LogP contribution >= 0.6 is 11.6 Å². The third-order valence-electron chi connectivity index (χ3n) is 11.1. The van der Waals surface area contributed by atoms with E-state index >= 15 is 0 Å². The molecule has 1 fully saturated rings. The Kier molecular flexibility index (Phi) is 10.2. The highest BCUT2D eigenvalue weighted by Crippen LogP contribution is 2.56. The smallest absolute Gasteiger partial charge is 0.329 e. The minimum Gasteiger partial charge on any atom is -0.493 e. The van der Waals surface area contributed by atoms with Gasteiger partial charge in [-0.05, 0) is 128 Å². The number of nitrogens with one attached hydrogen (secondary N) is 2. The number of anilines is 1. The van der Waals surface area contributed by atoms with Crippen molar-refractivity contribution in [3.63, 3.8) is 0 Å². The number of carbonyl (C=O) groups is 2. The van der Waals surface area contributed by atoms with Crippen molar-refractivity contribution in [1.82, 2.24) is 10.3 Å². The molecular formula is C39H48ClN3O5. The Balaban J connectivity index is 1.23. The summed E-state index contributed by atoms with van der Waals surface area (Å²) in [4.78, 5) is 29.4. The van der Waals surface area contributed by atoms with E-state index in [4.69, 9.17) is 21.1 Å². The second-order valence-corrected chi connectivity index (χ2v) is 14.7. The van der Waals surface area contributed by atoms with Crippen LogP contribution in [-0.4, -0.2) is 47.8 Å². The van der Waals surface area contributed by atoms with Crippen molar-refractivity contribution in [2.45, 2.75) is 94.9 Å². The van der Waals surface area contributed by atoms with Crippen molar-refractivity contribution in [2.75, 3.05) is 25.6 Å². The number of hydrogen-bond donors (Lipinski definition) is 3. The number of aliphatic carboxylic acids is 1. The molecule has 1 amide bonds. The molecule has 3 N–H and O–H groups in total. The van der Waals surface area contributed by atoms with Gasteiger partial charge in [-0.25, -0.2) is 4.79 Å². The summed E-state index contributed by atoms with van der Waals surface area (Å²) in [6.45, 7) is 5.46. The van der Waals surface area contributed by atoms with E-state index < -0.39 is 11.5 Å². The highest BCUT2D eigenvalue weighted by Gasteiger charge is 2.54. The van der Waals surface area contributed by atoms with Crippen molar-refractivity contribution < 1.29 is 24.2 Å². The highest BCUT2D eigenvalue weighted by molar-refractivity contribution is 6.30. The van der Waals surface area contributed by atoms with Gasteiger partial charge in [0.15, 0.2) is 0 Å². The Hall–Kier alpha value is -3.78. The fourth-order valence-corrected chi connectivity index (χ4v) is 8.74. The highest BCUT2D eigenvalue weighted by atomic mass is 35.5. The molecule has 8 nitrogen and oxygen atoms in total. The Morgan fingerprint density at radius 1 is 1.10 bits per heavy atom. The fraction of sp³-hybridized carbons (Fsp3) is 0.513. The van der Waals surface area contributed by atoms with Crippen LogP contribution in [0.2, 0.25) is 5.02 Å². The zero-order chi connectivity index (χ0) is 33.9. The first kappa shape index (κ1) is 34.1. The summed E-state index contributed by atoms with van der Waals surface area (Å²) in [6, 6.07) is 15.6. The summed E-state index contributed by atoms with van der Waals surface area (Å²) in [5, 5.41) is 17.2. The maximum absolute atomic E-state index is 12.9. The topological polar surface area (TPSA) is 110 Å². The second-order valence-electron chi connectivity index (χ2n) is 14.3. The molecule has 1 spiro atoms. The lowest BCUT2D eigenvalue weighted by molar-refractivity contribution is -0.144. The van der Waals surface area contributed by atoms with E-state index in [1.165, 1.54) is 28.8 Å². The van der Waals surface area contributed by atoms with Gasteiger partial charge >= 0.3 is 5.97 Å². The molecular weight excluding hydrogens is 626 g/mol. The predicted molar refractivity (Wildman–Crippen MR) is 188 cm³/mol. The third kappa shape index (κ3) is 7.00. The Labute approximate surface area is 289 Å². The fourth-order valence-electron chi connectivity index (χ4n) is 8.55. The first-order valence-electron chi connectivity index (χ1n) is 17.5. The molecule has 0 radical (unpaired) electrons. The van der Waals surface area contributed by atoms with E-state index in [2.05, 4.69) is 41.6 Å². The van der Waals surface area contributed by atoms with Crippen LogP contribution in [0.5, 0.6) is 11.5 Å². The van der Waals surface area contributed by atoms with Crippen LogP contribution < -0.4 is 20.1 Å². The number of amides is 1. The van der Waals surface area contributed by atoms with Crippen LogP contribution in [0.1, 0.15) is 93.5 Å². The molecule has 0 aliphatic heterocycles. The maximum Gasteiger partial charge on any atom is 0.329 e. The first-order chi connectivity index (χ1) is 23.1. The molecule has 1 heterocycles. The number of carbonyl (C=O) groups excluding carboxylic acids is 1. The number of nitrogens with zero attached hydrogens (tertiary/aromatic N) is 1. The first-order valence-corrected chi connectivity index (χ1v) is 17.8. The van der Waals surface area contributed by atoms with Crippen LogP contribution in [0.15, 0.2) is 54.7 Å². The van der Waals surface area contributed by atoms with Crippen molar-refractivity contribution in [3.8, 4) is 11.5 Å². The number of carboxylic acid groups (broad SMARTS) is 1. The monoisotopic (exact) mass is 673 g/mol. The lowest BCUT2D eigenvalue weighted by atomic mass is 9.59. The normalized spacial score (nSPS) is 25.1. The van der Waals surface area contributed by atoms with Gasteiger partial charge in [-0.15, -0.1) is 0 Å². The molecule has 2 aromatic carbocycles. The summed E-state index contributed by atoms with van der Waals surface area (Å²) in [5.74, 6) is 1.89. The molecule has 3 aliphatic rings. The number of carboxylic acids is 1. The van der Waals surface area contributed by atoms with Crippen LogP contribution in [0.25, 0.3) is 0 Å². The molecule has 3 aliphatic carbocycles. The number of aromatic nitrogens is 1. The Bertz CT molecular complexity index is 1640. The van der Waals surface area contributed by atoms with E-state index in [0.717, 1.165) is 55.7 Å². The molecule has 3 atom stereocenters. The summed E-state index contributed by atoms with van der Waals surface area (Å²) in [6.07, 6.45) is 9.83. The molecule has 1 saturated carbocycles. The van der Waals surface area contributed by atoms with Gasteiger partial charge in [0.05, 0.1) is 19.6 Å². The van der Waals surface area contributed by atoms with Gasteiger partial charge in [0, 0.05) is 35.2 Å². The molecule has 0 saturated heterocycles. The Morgan fingerprint density at radius 3 is 2.67 bits per heavy atom.